The number of carbonyl (C=O) groups is 3. The third kappa shape index (κ3) is 13.4. The minimum Gasteiger partial charge on any atom is -0.459 e. The number of carbonyl (C=O) groups excluding carboxylic acids is 3. The van der Waals surface area contributed by atoms with Gasteiger partial charge in [-0.1, -0.05) is 12.1 Å². The van der Waals surface area contributed by atoms with Crippen molar-refractivity contribution in [3.05, 3.63) is 64.6 Å². The second-order valence-electron chi connectivity index (χ2n) is 12.3. The van der Waals surface area contributed by atoms with Crippen LogP contribution in [0.4, 0.5) is 5.69 Å². The van der Waals surface area contributed by atoms with E-state index in [4.69, 9.17) is 9.47 Å². The van der Waals surface area contributed by atoms with E-state index in [0.717, 1.165) is 15.5 Å². The van der Waals surface area contributed by atoms with Gasteiger partial charge in [-0.05, 0) is 65.7 Å². The highest BCUT2D eigenvalue weighted by Crippen LogP contribution is 2.16. The van der Waals surface area contributed by atoms with E-state index in [0.29, 0.717) is 37.6 Å². The summed E-state index contributed by atoms with van der Waals surface area (Å²) in [7, 11) is -2.73. The lowest BCUT2D eigenvalue weighted by Gasteiger charge is -2.27. The van der Waals surface area contributed by atoms with E-state index in [1.165, 1.54) is 11.3 Å². The number of hydrogen-bond acceptors (Lipinski definition) is 11. The normalized spacial score (nSPS) is 11.9. The quantitative estimate of drug-likeness (QED) is 0.183. The molecule has 3 rings (SSSR count). The molecule has 0 aliphatic rings. The van der Waals surface area contributed by atoms with Gasteiger partial charge in [-0.15, -0.1) is 11.3 Å². The summed E-state index contributed by atoms with van der Waals surface area (Å²) in [6.45, 7) is 11.0. The van der Waals surface area contributed by atoms with Crippen LogP contribution in [0, 0.1) is 0 Å². The summed E-state index contributed by atoms with van der Waals surface area (Å²) >= 11 is 1.54. The Labute approximate surface area is 269 Å². The lowest BCUT2D eigenvalue weighted by Crippen LogP contribution is -2.44. The third-order valence-corrected chi connectivity index (χ3v) is 7.24. The van der Waals surface area contributed by atoms with Crippen LogP contribution in [0.5, 0.6) is 0 Å². The number of aromatic nitrogens is 3. The highest BCUT2D eigenvalue weighted by Gasteiger charge is 2.27. The summed E-state index contributed by atoms with van der Waals surface area (Å²) in [5, 5.41) is 2.83. The van der Waals surface area contributed by atoms with Crippen molar-refractivity contribution in [3.63, 3.8) is 0 Å². The molecule has 1 amide bonds. The van der Waals surface area contributed by atoms with E-state index in [2.05, 4.69) is 19.6 Å². The fraction of sp³-hybridized carbons (Fsp3) is 0.500. The predicted molar refractivity (Wildman–Crippen MR) is 171 cm³/mol. The number of nitrogens with zero attached hydrogens (tertiary/aromatic N) is 5. The predicted octanol–water partition coefficient (Wildman–Crippen LogP) is 3.03. The Morgan fingerprint density at radius 3 is 2.07 bits per heavy atom. The summed E-state index contributed by atoms with van der Waals surface area (Å²) in [5.74, 6) is -1.12. The molecule has 13 nitrogen and oxygen atoms in total. The second-order valence-corrected chi connectivity index (χ2v) is 14.1. The van der Waals surface area contributed by atoms with E-state index in [-0.39, 0.29) is 6.54 Å². The number of esters is 2. The van der Waals surface area contributed by atoms with Crippen LogP contribution in [0.1, 0.15) is 57.9 Å². The molecule has 0 bridgehead atoms. The molecular formula is C30H42N6O7S2. The summed E-state index contributed by atoms with van der Waals surface area (Å²) in [5.41, 5.74) is -0.00269. The van der Waals surface area contributed by atoms with E-state index in [1.807, 2.05) is 17.5 Å². The number of rotatable bonds is 15. The zero-order chi connectivity index (χ0) is 33.2. The molecule has 3 aromatic rings. The number of thiazole rings is 1. The monoisotopic (exact) mass is 662 g/mol. The van der Waals surface area contributed by atoms with Crippen molar-refractivity contribution in [2.45, 2.75) is 78.8 Å². The molecule has 0 atom stereocenters. The van der Waals surface area contributed by atoms with E-state index >= 15 is 0 Å². The lowest BCUT2D eigenvalue weighted by atomic mass is 10.1. The molecule has 0 unspecified atom stereocenters. The molecule has 0 fully saturated rings. The van der Waals surface area contributed by atoms with Crippen molar-refractivity contribution < 1.29 is 32.3 Å². The Morgan fingerprint density at radius 1 is 0.911 bits per heavy atom. The van der Waals surface area contributed by atoms with Crippen LogP contribution in [0.15, 0.2) is 48.2 Å². The summed E-state index contributed by atoms with van der Waals surface area (Å²) in [6, 6.07) is 7.16. The Kier molecular flexibility index (Phi) is 12.6. The molecule has 0 saturated carbocycles. The molecule has 2 heterocycles. The number of imidazole rings is 1. The number of ether oxygens (including phenoxy) is 2. The Hall–Kier alpha value is -3.82. The molecule has 0 saturated heterocycles. The van der Waals surface area contributed by atoms with Gasteiger partial charge >= 0.3 is 11.9 Å². The first-order chi connectivity index (χ1) is 21.1. The van der Waals surface area contributed by atoms with Gasteiger partial charge in [-0.25, -0.2) is 18.4 Å². The van der Waals surface area contributed by atoms with Crippen molar-refractivity contribution in [3.8, 4) is 0 Å². The zero-order valence-electron chi connectivity index (χ0n) is 26.5. The van der Waals surface area contributed by atoms with Gasteiger partial charge in [-0.2, -0.15) is 0 Å². The highest BCUT2D eigenvalue weighted by molar-refractivity contribution is 7.73. The van der Waals surface area contributed by atoms with E-state index in [1.54, 1.807) is 76.8 Å². The average Bonchev–Trinajstić information content (AvgIpc) is 3.57. The topological polar surface area (TPSA) is 153 Å². The van der Waals surface area contributed by atoms with Crippen molar-refractivity contribution in [2.75, 3.05) is 24.4 Å². The molecule has 15 heteroatoms. The minimum absolute atomic E-state index is 0.150. The number of amides is 1. The molecule has 1 aromatic carbocycles. The SMILES string of the molecule is CC(C)(C)OC(=O)CN(CC(=O)OC(C)(C)C)C(=O)Cn1ccnc1CN(CCc1ccc(N[SH](=O)=O)cc1)Cc1nccs1. The Balaban J connectivity index is 1.74. The molecular weight excluding hydrogens is 620 g/mol. The van der Waals surface area contributed by atoms with Crippen LogP contribution in [-0.2, 0) is 60.8 Å². The molecule has 0 spiro atoms. The molecule has 1 N–H and O–H groups in total. The van der Waals surface area contributed by atoms with E-state index < -0.39 is 53.0 Å². The zero-order valence-corrected chi connectivity index (χ0v) is 28.2. The maximum atomic E-state index is 13.5. The van der Waals surface area contributed by atoms with Crippen molar-refractivity contribution in [1.29, 1.82) is 0 Å². The van der Waals surface area contributed by atoms with Gasteiger partial charge in [0, 0.05) is 36.2 Å². The Bertz CT molecular complexity index is 1450. The first-order valence-electron chi connectivity index (χ1n) is 14.4. The number of thiol groups is 1. The van der Waals surface area contributed by atoms with Crippen LogP contribution in [0.3, 0.4) is 0 Å². The minimum atomic E-state index is -2.73. The molecule has 0 aliphatic carbocycles. The fourth-order valence-corrected chi connectivity index (χ4v) is 5.27. The maximum absolute atomic E-state index is 13.5. The van der Waals surface area contributed by atoms with Crippen molar-refractivity contribution >= 4 is 45.8 Å². The third-order valence-electron chi connectivity index (χ3n) is 6.04. The number of benzene rings is 1. The first-order valence-corrected chi connectivity index (χ1v) is 16.4. The lowest BCUT2D eigenvalue weighted by molar-refractivity contribution is -0.164. The van der Waals surface area contributed by atoms with Gasteiger partial charge in [0.1, 0.15) is 41.7 Å². The van der Waals surface area contributed by atoms with Gasteiger partial charge in [0.25, 0.3) is 0 Å². The molecule has 0 radical (unpaired) electrons. The average molecular weight is 663 g/mol. The number of nitrogens with one attached hydrogen (secondary N) is 1. The van der Waals surface area contributed by atoms with E-state index in [9.17, 15) is 22.8 Å². The summed E-state index contributed by atoms with van der Waals surface area (Å²) < 4.78 is 36.7. The molecule has 45 heavy (non-hydrogen) atoms. The second kappa shape index (κ2) is 16.0. The summed E-state index contributed by atoms with van der Waals surface area (Å²) in [6.07, 6.45) is 5.70. The number of hydrogen-bond donors (Lipinski definition) is 2. The van der Waals surface area contributed by atoms with Crippen LogP contribution in [-0.4, -0.2) is 81.4 Å². The first kappa shape index (κ1) is 35.7. The fourth-order valence-electron chi connectivity index (χ4n) is 4.25. The van der Waals surface area contributed by atoms with Crippen LogP contribution in [0.2, 0.25) is 0 Å². The highest BCUT2D eigenvalue weighted by atomic mass is 32.2. The van der Waals surface area contributed by atoms with Gasteiger partial charge in [0.05, 0.1) is 13.1 Å². The largest absolute Gasteiger partial charge is 0.459 e. The maximum Gasteiger partial charge on any atom is 0.326 e. The van der Waals surface area contributed by atoms with Crippen molar-refractivity contribution in [1.82, 2.24) is 24.3 Å². The summed E-state index contributed by atoms with van der Waals surface area (Å²) in [4.78, 5) is 51.0. The number of anilines is 1. The van der Waals surface area contributed by atoms with Crippen molar-refractivity contribution in [2.24, 2.45) is 0 Å². The molecule has 0 aliphatic heterocycles. The molecule has 246 valence electrons. The van der Waals surface area contributed by atoms with Gasteiger partial charge in [0.15, 0.2) is 0 Å². The molecule has 2 aromatic heterocycles. The van der Waals surface area contributed by atoms with Gasteiger partial charge < -0.3 is 18.9 Å². The van der Waals surface area contributed by atoms with Crippen LogP contribution >= 0.6 is 11.3 Å². The Morgan fingerprint density at radius 2 is 1.53 bits per heavy atom. The van der Waals surface area contributed by atoms with Gasteiger partial charge in [0.2, 0.25) is 16.8 Å². The van der Waals surface area contributed by atoms with Crippen LogP contribution in [0.25, 0.3) is 0 Å². The van der Waals surface area contributed by atoms with Gasteiger partial charge in [-0.3, -0.25) is 24.0 Å². The standard InChI is InChI=1S/C30H42N6O7S2/c1-29(2,3)42-27(38)20-36(21-28(39)43-30(4,5)6)26(37)19-35-15-12-31-24(35)17-34(18-25-32-13-16-44-25)14-11-22-7-9-23(10-8-22)33-45(40)41/h7-10,12-13,15-16,45H,11,14,17-21H2,1-6H3,(H,33,40,41). The smallest absolute Gasteiger partial charge is 0.326 e. The van der Waals surface area contributed by atoms with Crippen LogP contribution < -0.4 is 4.72 Å².